The van der Waals surface area contributed by atoms with Crippen LogP contribution in [0.25, 0.3) is 10.8 Å². The molecule has 0 aliphatic carbocycles. The van der Waals surface area contributed by atoms with Crippen LogP contribution in [0.15, 0.2) is 78.2 Å². The number of nitrogens with one attached hydrogen (secondary N) is 2. The first-order chi connectivity index (χ1) is 14.7. The Morgan fingerprint density at radius 3 is 2.57 bits per heavy atom. The van der Waals surface area contributed by atoms with Crippen LogP contribution in [0.4, 0.5) is 0 Å². The number of hydrogen-bond acceptors (Lipinski definition) is 6. The van der Waals surface area contributed by atoms with Crippen molar-refractivity contribution in [3.8, 4) is 11.8 Å². The minimum Gasteiger partial charge on any atom is -0.496 e. The van der Waals surface area contributed by atoms with Gasteiger partial charge in [-0.2, -0.15) is 5.26 Å². The molecule has 1 fully saturated rings. The van der Waals surface area contributed by atoms with Crippen molar-refractivity contribution in [3.05, 3.63) is 89.3 Å². The third-order valence-electron chi connectivity index (χ3n) is 6.06. The molecule has 0 amide bonds. The van der Waals surface area contributed by atoms with Crippen LogP contribution in [0.5, 0.6) is 5.75 Å². The second-order valence-corrected chi connectivity index (χ2v) is 7.60. The van der Waals surface area contributed by atoms with E-state index in [9.17, 15) is 5.26 Å². The third-order valence-corrected chi connectivity index (χ3v) is 6.06. The number of allylic oxidation sites excluding steroid dienone is 1. The summed E-state index contributed by atoms with van der Waals surface area (Å²) in [4.78, 5) is 0. The highest BCUT2D eigenvalue weighted by Crippen LogP contribution is 2.49. The van der Waals surface area contributed by atoms with Crippen molar-refractivity contribution in [1.29, 1.82) is 5.26 Å². The van der Waals surface area contributed by atoms with Gasteiger partial charge in [-0.1, -0.05) is 54.6 Å². The highest BCUT2D eigenvalue weighted by atomic mass is 16.5. The number of para-hydroxylation sites is 1. The lowest BCUT2D eigenvalue weighted by molar-refractivity contribution is 0.0337. The van der Waals surface area contributed by atoms with Crippen LogP contribution < -0.4 is 21.3 Å². The second kappa shape index (κ2) is 7.38. The lowest BCUT2D eigenvalue weighted by Gasteiger charge is -2.36. The van der Waals surface area contributed by atoms with Crippen LogP contribution in [0.3, 0.4) is 0 Å². The molecule has 0 bridgehead atoms. The van der Waals surface area contributed by atoms with E-state index in [0.29, 0.717) is 5.57 Å². The summed E-state index contributed by atoms with van der Waals surface area (Å²) in [6.07, 6.45) is -0.367. The molecule has 6 heteroatoms. The number of nitriles is 1. The van der Waals surface area contributed by atoms with E-state index in [1.54, 1.807) is 7.11 Å². The van der Waals surface area contributed by atoms with E-state index in [-0.39, 0.29) is 30.0 Å². The largest absolute Gasteiger partial charge is 0.496 e. The van der Waals surface area contributed by atoms with Gasteiger partial charge < -0.3 is 15.2 Å². The van der Waals surface area contributed by atoms with Gasteiger partial charge in [0.25, 0.3) is 0 Å². The quantitative estimate of drug-likeness (QED) is 0.626. The first kappa shape index (κ1) is 18.5. The zero-order valence-electron chi connectivity index (χ0n) is 16.5. The van der Waals surface area contributed by atoms with Crippen molar-refractivity contribution in [3.63, 3.8) is 0 Å². The van der Waals surface area contributed by atoms with Crippen LogP contribution in [0.2, 0.25) is 0 Å². The van der Waals surface area contributed by atoms with Gasteiger partial charge in [0.1, 0.15) is 11.8 Å². The maximum absolute atomic E-state index is 9.93. The Morgan fingerprint density at radius 2 is 1.77 bits per heavy atom. The van der Waals surface area contributed by atoms with Crippen molar-refractivity contribution in [2.24, 2.45) is 11.7 Å². The van der Waals surface area contributed by atoms with Gasteiger partial charge in [-0.15, -0.1) is 0 Å². The maximum atomic E-state index is 9.93. The fourth-order valence-electron chi connectivity index (χ4n) is 4.68. The fourth-order valence-corrected chi connectivity index (χ4v) is 4.68. The Hall–Kier alpha value is -3.53. The minimum atomic E-state index is -0.367. The van der Waals surface area contributed by atoms with E-state index in [2.05, 4.69) is 47.3 Å². The molecular weight excluding hydrogens is 376 g/mol. The van der Waals surface area contributed by atoms with Gasteiger partial charge in [0.05, 0.1) is 18.7 Å². The van der Waals surface area contributed by atoms with E-state index in [1.807, 2.05) is 36.4 Å². The van der Waals surface area contributed by atoms with Crippen LogP contribution in [-0.2, 0) is 4.74 Å². The molecule has 1 saturated heterocycles. The standard InChI is InChI=1S/C24H22N4O2/c1-29-19-9-5-4-8-17(19)20-18(13-25)23(26)30-24-21(20)22(27-28-24)16-11-10-14-6-2-3-7-15(14)12-16/h2-12,20-22,24,27-28H,26H2,1H3. The Labute approximate surface area is 174 Å². The lowest BCUT2D eigenvalue weighted by Crippen LogP contribution is -2.41. The van der Waals surface area contributed by atoms with Gasteiger partial charge >= 0.3 is 0 Å². The maximum Gasteiger partial charge on any atom is 0.200 e. The van der Waals surface area contributed by atoms with Gasteiger partial charge in [-0.25, -0.2) is 10.9 Å². The molecule has 0 aromatic heterocycles. The monoisotopic (exact) mass is 398 g/mol. The average Bonchev–Trinajstić information content (AvgIpc) is 3.21. The number of hydrogen-bond donors (Lipinski definition) is 3. The average molecular weight is 398 g/mol. The normalized spacial score (nSPS) is 25.5. The number of methoxy groups -OCH3 is 1. The number of nitrogens with two attached hydrogens (primary N) is 1. The van der Waals surface area contributed by atoms with Crippen LogP contribution in [0.1, 0.15) is 23.1 Å². The fraction of sp³-hybridized carbons (Fsp3) is 0.208. The van der Waals surface area contributed by atoms with Crippen molar-refractivity contribution in [1.82, 2.24) is 10.9 Å². The minimum absolute atomic E-state index is 0.0778. The summed E-state index contributed by atoms with van der Waals surface area (Å²) in [5.74, 6) is 0.518. The Morgan fingerprint density at radius 1 is 1.00 bits per heavy atom. The zero-order valence-corrected chi connectivity index (χ0v) is 16.5. The molecule has 30 heavy (non-hydrogen) atoms. The summed E-state index contributed by atoms with van der Waals surface area (Å²) in [7, 11) is 1.64. The van der Waals surface area contributed by atoms with Crippen molar-refractivity contribution < 1.29 is 9.47 Å². The Balaban J connectivity index is 1.65. The van der Waals surface area contributed by atoms with Gasteiger partial charge in [-0.05, 0) is 28.5 Å². The SMILES string of the molecule is COc1ccccc1C1C(C#N)=C(N)OC2NNC(c3ccc4ccccc4c3)C21. The highest BCUT2D eigenvalue weighted by Gasteiger charge is 2.49. The summed E-state index contributed by atoms with van der Waals surface area (Å²) in [6.45, 7) is 0. The van der Waals surface area contributed by atoms with E-state index in [1.165, 1.54) is 10.8 Å². The summed E-state index contributed by atoms with van der Waals surface area (Å²) in [5, 5.41) is 12.3. The summed E-state index contributed by atoms with van der Waals surface area (Å²) >= 11 is 0. The molecule has 150 valence electrons. The van der Waals surface area contributed by atoms with Crippen molar-refractivity contribution in [2.75, 3.05) is 7.11 Å². The summed E-state index contributed by atoms with van der Waals surface area (Å²) < 4.78 is 11.5. The molecule has 3 aromatic rings. The smallest absolute Gasteiger partial charge is 0.200 e. The second-order valence-electron chi connectivity index (χ2n) is 7.60. The summed E-state index contributed by atoms with van der Waals surface area (Å²) in [5.41, 5.74) is 15.2. The zero-order chi connectivity index (χ0) is 20.7. The molecular formula is C24H22N4O2. The first-order valence-corrected chi connectivity index (χ1v) is 9.90. The predicted octanol–water partition coefficient (Wildman–Crippen LogP) is 3.45. The molecule has 4 unspecified atom stereocenters. The van der Waals surface area contributed by atoms with Gasteiger partial charge in [-0.3, -0.25) is 0 Å². The molecule has 5 rings (SSSR count). The van der Waals surface area contributed by atoms with Crippen molar-refractivity contribution >= 4 is 10.8 Å². The molecule has 0 saturated carbocycles. The summed E-state index contributed by atoms with van der Waals surface area (Å²) in [6, 6.07) is 24.7. The van der Waals surface area contributed by atoms with E-state index < -0.39 is 0 Å². The molecule has 0 radical (unpaired) electrons. The van der Waals surface area contributed by atoms with E-state index in [0.717, 1.165) is 16.9 Å². The van der Waals surface area contributed by atoms with E-state index >= 15 is 0 Å². The third kappa shape index (κ3) is 2.88. The number of hydrazine groups is 1. The van der Waals surface area contributed by atoms with Crippen LogP contribution in [-0.4, -0.2) is 13.3 Å². The van der Waals surface area contributed by atoms with Crippen LogP contribution >= 0.6 is 0 Å². The number of ether oxygens (including phenoxy) is 2. The van der Waals surface area contributed by atoms with E-state index in [4.69, 9.17) is 15.2 Å². The van der Waals surface area contributed by atoms with Gasteiger partial charge in [0, 0.05) is 17.4 Å². The molecule has 2 aliphatic rings. The van der Waals surface area contributed by atoms with Crippen LogP contribution in [0, 0.1) is 17.2 Å². The lowest BCUT2D eigenvalue weighted by atomic mass is 9.73. The number of rotatable bonds is 3. The molecule has 4 atom stereocenters. The molecule has 4 N–H and O–H groups in total. The van der Waals surface area contributed by atoms with Crippen molar-refractivity contribution in [2.45, 2.75) is 18.2 Å². The molecule has 3 aromatic carbocycles. The number of nitrogens with zero attached hydrogens (tertiary/aromatic N) is 1. The van der Waals surface area contributed by atoms with Gasteiger partial charge in [0.2, 0.25) is 5.88 Å². The number of fused-ring (bicyclic) bond motifs is 2. The number of benzene rings is 3. The molecule has 2 aliphatic heterocycles. The predicted molar refractivity (Wildman–Crippen MR) is 114 cm³/mol. The highest BCUT2D eigenvalue weighted by molar-refractivity contribution is 5.83. The molecule has 2 heterocycles. The topological polar surface area (TPSA) is 92.3 Å². The Bertz CT molecular complexity index is 1180. The molecule has 0 spiro atoms. The Kier molecular flexibility index (Phi) is 4.55. The van der Waals surface area contributed by atoms with Gasteiger partial charge in [0.15, 0.2) is 6.23 Å². The first-order valence-electron chi connectivity index (χ1n) is 9.90. The molecule has 6 nitrogen and oxygen atoms in total.